The summed E-state index contributed by atoms with van der Waals surface area (Å²) in [6, 6.07) is 0. The van der Waals surface area contributed by atoms with E-state index >= 15 is 0 Å². The van der Waals surface area contributed by atoms with Crippen molar-refractivity contribution in [1.82, 2.24) is 0 Å². The van der Waals surface area contributed by atoms with Gasteiger partial charge < -0.3 is 5.11 Å². The van der Waals surface area contributed by atoms with E-state index in [1.54, 1.807) is 0 Å². The van der Waals surface area contributed by atoms with Crippen molar-refractivity contribution in [3.63, 3.8) is 0 Å². The zero-order chi connectivity index (χ0) is 7.21. The fourth-order valence-electron chi connectivity index (χ4n) is 0. The first-order valence-corrected chi connectivity index (χ1v) is 3.07. The van der Waals surface area contributed by atoms with Gasteiger partial charge in [0.1, 0.15) is 0 Å². The van der Waals surface area contributed by atoms with Crippen molar-refractivity contribution in [1.29, 1.82) is 0 Å². The van der Waals surface area contributed by atoms with Crippen LogP contribution >= 0.6 is 11.6 Å². The van der Waals surface area contributed by atoms with Gasteiger partial charge in [0.25, 0.3) is 0 Å². The molecule has 0 saturated carbocycles. The van der Waals surface area contributed by atoms with E-state index in [-0.39, 0.29) is 4.87 Å². The van der Waals surface area contributed by atoms with Crippen molar-refractivity contribution in [2.45, 2.75) is 32.1 Å². The van der Waals surface area contributed by atoms with Crippen LogP contribution in [0.3, 0.4) is 0 Å². The number of aliphatic hydroxyl groups excluding tert-OH is 1. The van der Waals surface area contributed by atoms with Gasteiger partial charge in [0, 0.05) is 12.0 Å². The molecule has 52 valence electrons. The molecule has 0 aliphatic heterocycles. The van der Waals surface area contributed by atoms with Gasteiger partial charge in [-0.25, -0.2) is 0 Å². The molecule has 8 heavy (non-hydrogen) atoms. The van der Waals surface area contributed by atoms with Gasteiger partial charge >= 0.3 is 0 Å². The fraction of sp³-hybridized carbons (Fsp3) is 1.00. The molecular formula is C6H15ClO. The van der Waals surface area contributed by atoms with Crippen LogP contribution in [0.4, 0.5) is 0 Å². The molecular weight excluding hydrogens is 124 g/mol. The molecule has 0 atom stereocenters. The third-order valence-corrected chi connectivity index (χ3v) is 1.11. The summed E-state index contributed by atoms with van der Waals surface area (Å²) in [7, 11) is 1.00. The van der Waals surface area contributed by atoms with E-state index in [0.717, 1.165) is 13.5 Å². The summed E-state index contributed by atoms with van der Waals surface area (Å²) in [4.78, 5) is 0.0139. The standard InChI is InChI=1S/C5H11Cl.CH4O/c1-4-5(2,3)6;1-2/h4H2,1-3H3;2H,1H3. The maximum atomic E-state index is 7.00. The molecule has 0 radical (unpaired) electrons. The number of alkyl halides is 1. The minimum absolute atomic E-state index is 0.0139. The van der Waals surface area contributed by atoms with Gasteiger partial charge in [-0.15, -0.1) is 11.6 Å². The van der Waals surface area contributed by atoms with Crippen LogP contribution in [0, 0.1) is 0 Å². The Morgan fingerprint density at radius 1 is 1.38 bits per heavy atom. The molecule has 0 rings (SSSR count). The van der Waals surface area contributed by atoms with E-state index in [2.05, 4.69) is 6.92 Å². The lowest BCUT2D eigenvalue weighted by Gasteiger charge is -2.09. The highest BCUT2D eigenvalue weighted by Crippen LogP contribution is 2.15. The van der Waals surface area contributed by atoms with E-state index in [1.807, 2.05) is 13.8 Å². The van der Waals surface area contributed by atoms with E-state index < -0.39 is 0 Å². The first-order chi connectivity index (χ1) is 3.56. The lowest BCUT2D eigenvalue weighted by atomic mass is 10.1. The molecule has 0 aromatic heterocycles. The number of halogens is 1. The van der Waals surface area contributed by atoms with Crippen LogP contribution in [0.15, 0.2) is 0 Å². The quantitative estimate of drug-likeness (QED) is 0.550. The van der Waals surface area contributed by atoms with E-state index in [4.69, 9.17) is 16.7 Å². The second-order valence-corrected chi connectivity index (χ2v) is 3.10. The summed E-state index contributed by atoms with van der Waals surface area (Å²) >= 11 is 5.72. The fourth-order valence-corrected chi connectivity index (χ4v) is 0. The Balaban J connectivity index is 0. The summed E-state index contributed by atoms with van der Waals surface area (Å²) in [6.45, 7) is 6.09. The lowest BCUT2D eigenvalue weighted by Crippen LogP contribution is -2.05. The van der Waals surface area contributed by atoms with Gasteiger partial charge in [-0.1, -0.05) is 6.92 Å². The monoisotopic (exact) mass is 138 g/mol. The zero-order valence-electron chi connectivity index (χ0n) is 6.03. The molecule has 0 aliphatic rings. The molecule has 0 bridgehead atoms. The maximum absolute atomic E-state index is 7.00. The molecule has 0 amide bonds. The second kappa shape index (κ2) is 5.39. The zero-order valence-corrected chi connectivity index (χ0v) is 6.79. The van der Waals surface area contributed by atoms with Crippen LogP contribution in [0.1, 0.15) is 27.2 Å². The SMILES string of the molecule is CCC(C)(C)Cl.CO. The summed E-state index contributed by atoms with van der Waals surface area (Å²) in [5.41, 5.74) is 0. The average molecular weight is 139 g/mol. The van der Waals surface area contributed by atoms with Crippen molar-refractivity contribution in [2.75, 3.05) is 7.11 Å². The molecule has 1 nitrogen and oxygen atoms in total. The van der Waals surface area contributed by atoms with Gasteiger partial charge in [0.05, 0.1) is 0 Å². The molecule has 0 heterocycles. The van der Waals surface area contributed by atoms with Crippen LogP contribution in [0.2, 0.25) is 0 Å². The first kappa shape index (κ1) is 11.1. The van der Waals surface area contributed by atoms with Gasteiger partial charge in [-0.05, 0) is 20.3 Å². The molecule has 0 aliphatic carbocycles. The summed E-state index contributed by atoms with van der Waals surface area (Å²) in [5, 5.41) is 7.00. The average Bonchev–Trinajstić information content (AvgIpc) is 1.71. The molecule has 0 aromatic rings. The molecule has 0 spiro atoms. The van der Waals surface area contributed by atoms with Crippen molar-refractivity contribution >= 4 is 11.6 Å². The third-order valence-electron chi connectivity index (χ3n) is 0.841. The molecule has 2 heteroatoms. The molecule has 0 saturated heterocycles. The van der Waals surface area contributed by atoms with E-state index in [9.17, 15) is 0 Å². The van der Waals surface area contributed by atoms with Crippen LogP contribution in [0.5, 0.6) is 0 Å². The highest BCUT2D eigenvalue weighted by molar-refractivity contribution is 6.23. The number of hydrogen-bond donors (Lipinski definition) is 1. The van der Waals surface area contributed by atoms with Crippen molar-refractivity contribution < 1.29 is 5.11 Å². The number of rotatable bonds is 1. The topological polar surface area (TPSA) is 20.2 Å². The molecule has 0 aromatic carbocycles. The Kier molecular flexibility index (Phi) is 7.48. The predicted molar refractivity (Wildman–Crippen MR) is 38.4 cm³/mol. The second-order valence-electron chi connectivity index (χ2n) is 2.07. The van der Waals surface area contributed by atoms with Crippen LogP contribution in [0.25, 0.3) is 0 Å². The minimum atomic E-state index is 0.0139. The van der Waals surface area contributed by atoms with Gasteiger partial charge in [0.2, 0.25) is 0 Å². The lowest BCUT2D eigenvalue weighted by molar-refractivity contribution is 0.399. The highest BCUT2D eigenvalue weighted by Gasteiger charge is 2.06. The summed E-state index contributed by atoms with van der Waals surface area (Å²) < 4.78 is 0. The minimum Gasteiger partial charge on any atom is -0.400 e. The van der Waals surface area contributed by atoms with Crippen LogP contribution < -0.4 is 0 Å². The van der Waals surface area contributed by atoms with Gasteiger partial charge in [0.15, 0.2) is 0 Å². The van der Waals surface area contributed by atoms with E-state index in [1.165, 1.54) is 0 Å². The van der Waals surface area contributed by atoms with Crippen molar-refractivity contribution in [3.05, 3.63) is 0 Å². The normalized spacial score (nSPS) is 9.75. The molecule has 1 N–H and O–H groups in total. The van der Waals surface area contributed by atoms with Crippen molar-refractivity contribution in [2.24, 2.45) is 0 Å². The number of aliphatic hydroxyl groups is 1. The van der Waals surface area contributed by atoms with Crippen LogP contribution in [-0.4, -0.2) is 17.1 Å². The van der Waals surface area contributed by atoms with Gasteiger partial charge in [-0.3, -0.25) is 0 Å². The molecule has 0 fully saturated rings. The van der Waals surface area contributed by atoms with Crippen molar-refractivity contribution in [3.8, 4) is 0 Å². The summed E-state index contributed by atoms with van der Waals surface area (Å²) in [5.74, 6) is 0. The third kappa shape index (κ3) is 16.3. The Bertz CT molecular complexity index is 38.3. The van der Waals surface area contributed by atoms with E-state index in [0.29, 0.717) is 0 Å². The van der Waals surface area contributed by atoms with Gasteiger partial charge in [-0.2, -0.15) is 0 Å². The largest absolute Gasteiger partial charge is 0.400 e. The Hall–Kier alpha value is 0.250. The highest BCUT2D eigenvalue weighted by atomic mass is 35.5. The molecule has 0 unspecified atom stereocenters. The predicted octanol–water partition coefficient (Wildman–Crippen LogP) is 2.02. The Labute approximate surface area is 56.7 Å². The Morgan fingerprint density at radius 3 is 1.50 bits per heavy atom. The first-order valence-electron chi connectivity index (χ1n) is 2.70. The number of hydrogen-bond acceptors (Lipinski definition) is 1. The smallest absolute Gasteiger partial charge is 0.0388 e. The maximum Gasteiger partial charge on any atom is 0.0388 e. The summed E-state index contributed by atoms with van der Waals surface area (Å²) in [6.07, 6.45) is 1.04. The Morgan fingerprint density at radius 2 is 1.50 bits per heavy atom. The van der Waals surface area contributed by atoms with Crippen LogP contribution in [-0.2, 0) is 0 Å².